The molecule has 1 aromatic heterocycles. The highest BCUT2D eigenvalue weighted by Crippen LogP contribution is 2.24. The Morgan fingerprint density at radius 1 is 1.41 bits per heavy atom. The fraction of sp³-hybridized carbons (Fsp3) is 0.400. The molecule has 0 spiro atoms. The van der Waals surface area contributed by atoms with Crippen molar-refractivity contribution in [3.8, 4) is 0 Å². The van der Waals surface area contributed by atoms with Crippen molar-refractivity contribution < 1.29 is 9.59 Å². The van der Waals surface area contributed by atoms with E-state index in [1.807, 2.05) is 0 Å². The summed E-state index contributed by atoms with van der Waals surface area (Å²) in [5, 5.41) is 7.93. The van der Waals surface area contributed by atoms with E-state index in [4.69, 9.17) is 5.73 Å². The van der Waals surface area contributed by atoms with Gasteiger partial charge >= 0.3 is 6.03 Å². The van der Waals surface area contributed by atoms with Gasteiger partial charge in [0.05, 0.1) is 5.56 Å². The summed E-state index contributed by atoms with van der Waals surface area (Å²) in [6.07, 6.45) is 0. The van der Waals surface area contributed by atoms with Gasteiger partial charge in [0, 0.05) is 26.2 Å². The Morgan fingerprint density at radius 3 is 2.76 bits per heavy atom. The number of hydrogen-bond acceptors (Lipinski definition) is 4. The molecule has 1 aliphatic rings. The van der Waals surface area contributed by atoms with Crippen LogP contribution in [0.25, 0.3) is 0 Å². The largest absolute Gasteiger partial charge is 0.351 e. The van der Waals surface area contributed by atoms with Crippen LogP contribution in [0.3, 0.4) is 0 Å². The molecule has 1 fully saturated rings. The topological polar surface area (TPSA) is 87.5 Å². The van der Waals surface area contributed by atoms with Gasteiger partial charge < -0.3 is 16.0 Å². The van der Waals surface area contributed by atoms with Gasteiger partial charge in [-0.25, -0.2) is 4.79 Å². The highest BCUT2D eigenvalue weighted by Gasteiger charge is 2.21. The lowest BCUT2D eigenvalue weighted by Crippen LogP contribution is -2.46. The predicted molar refractivity (Wildman–Crippen MR) is 66.3 cm³/mol. The molecule has 2 heterocycles. The third kappa shape index (κ3) is 2.75. The number of primary amides is 1. The van der Waals surface area contributed by atoms with Crippen molar-refractivity contribution in [1.82, 2.24) is 10.2 Å². The van der Waals surface area contributed by atoms with Crippen molar-refractivity contribution in [1.29, 1.82) is 0 Å². The normalized spacial score (nSPS) is 15.6. The SMILES string of the molecule is NC(=O)Nc1sccc1C(=O)N1CCNCC1. The molecule has 0 aromatic carbocycles. The third-order valence-corrected chi connectivity index (χ3v) is 3.37. The smallest absolute Gasteiger partial charge is 0.317 e. The first-order valence-corrected chi connectivity index (χ1v) is 6.20. The molecule has 0 atom stereocenters. The van der Waals surface area contributed by atoms with Crippen LogP contribution in [0.4, 0.5) is 9.80 Å². The quantitative estimate of drug-likeness (QED) is 0.708. The van der Waals surface area contributed by atoms with E-state index in [1.54, 1.807) is 16.3 Å². The summed E-state index contributed by atoms with van der Waals surface area (Å²) in [6, 6.07) is 1.06. The molecule has 1 aliphatic heterocycles. The monoisotopic (exact) mass is 254 g/mol. The number of hydrogen-bond donors (Lipinski definition) is 3. The zero-order valence-corrected chi connectivity index (χ0v) is 10.0. The number of amides is 3. The first kappa shape index (κ1) is 11.9. The van der Waals surface area contributed by atoms with E-state index in [0.29, 0.717) is 23.7 Å². The molecule has 1 saturated heterocycles. The van der Waals surface area contributed by atoms with Gasteiger partial charge in [0.15, 0.2) is 0 Å². The Morgan fingerprint density at radius 2 is 2.12 bits per heavy atom. The van der Waals surface area contributed by atoms with E-state index < -0.39 is 6.03 Å². The van der Waals surface area contributed by atoms with Crippen LogP contribution in [-0.4, -0.2) is 43.0 Å². The number of nitrogens with two attached hydrogens (primary N) is 1. The van der Waals surface area contributed by atoms with Gasteiger partial charge in [-0.3, -0.25) is 10.1 Å². The Kier molecular flexibility index (Phi) is 3.60. The second-order valence-electron chi connectivity index (χ2n) is 3.69. The third-order valence-electron chi connectivity index (χ3n) is 2.54. The minimum atomic E-state index is -0.651. The summed E-state index contributed by atoms with van der Waals surface area (Å²) >= 11 is 1.30. The Balaban J connectivity index is 2.12. The Hall–Kier alpha value is -1.60. The minimum absolute atomic E-state index is 0.0588. The summed E-state index contributed by atoms with van der Waals surface area (Å²) < 4.78 is 0. The number of urea groups is 1. The lowest BCUT2D eigenvalue weighted by Gasteiger charge is -2.27. The summed E-state index contributed by atoms with van der Waals surface area (Å²) in [7, 11) is 0. The van der Waals surface area contributed by atoms with Crippen LogP contribution in [0.1, 0.15) is 10.4 Å². The van der Waals surface area contributed by atoms with Crippen LogP contribution in [0.5, 0.6) is 0 Å². The van der Waals surface area contributed by atoms with Crippen LogP contribution >= 0.6 is 11.3 Å². The molecule has 1 aromatic rings. The molecule has 0 unspecified atom stereocenters. The average Bonchev–Trinajstić information content (AvgIpc) is 2.76. The Labute approximate surface area is 103 Å². The Bertz CT molecular complexity index is 426. The number of anilines is 1. The maximum atomic E-state index is 12.2. The van der Waals surface area contributed by atoms with Crippen molar-refractivity contribution >= 4 is 28.3 Å². The zero-order valence-electron chi connectivity index (χ0n) is 9.23. The van der Waals surface area contributed by atoms with Gasteiger partial charge in [0.2, 0.25) is 0 Å². The number of piperazine rings is 1. The van der Waals surface area contributed by atoms with Crippen LogP contribution in [0.15, 0.2) is 11.4 Å². The molecule has 2 rings (SSSR count). The van der Waals surface area contributed by atoms with Crippen molar-refractivity contribution in [3.63, 3.8) is 0 Å². The number of carbonyl (C=O) groups is 2. The van der Waals surface area contributed by atoms with E-state index in [1.165, 1.54) is 11.3 Å². The predicted octanol–water partition coefficient (Wildman–Crippen LogP) is 0.284. The second-order valence-corrected chi connectivity index (χ2v) is 4.61. The second kappa shape index (κ2) is 5.15. The average molecular weight is 254 g/mol. The van der Waals surface area contributed by atoms with Gasteiger partial charge in [-0.15, -0.1) is 11.3 Å². The summed E-state index contributed by atoms with van der Waals surface area (Å²) in [5.74, 6) is -0.0588. The number of rotatable bonds is 2. The van der Waals surface area contributed by atoms with E-state index >= 15 is 0 Å². The summed E-state index contributed by atoms with van der Waals surface area (Å²) in [4.78, 5) is 24.7. The first-order valence-electron chi connectivity index (χ1n) is 5.32. The van der Waals surface area contributed by atoms with Crippen molar-refractivity contribution in [2.24, 2.45) is 5.73 Å². The van der Waals surface area contributed by atoms with Gasteiger partial charge in [-0.1, -0.05) is 0 Å². The molecule has 17 heavy (non-hydrogen) atoms. The molecule has 6 nitrogen and oxygen atoms in total. The summed E-state index contributed by atoms with van der Waals surface area (Å²) in [6.45, 7) is 2.97. The van der Waals surface area contributed by atoms with E-state index in [0.717, 1.165) is 13.1 Å². The highest BCUT2D eigenvalue weighted by molar-refractivity contribution is 7.14. The van der Waals surface area contributed by atoms with Crippen molar-refractivity contribution in [2.75, 3.05) is 31.5 Å². The van der Waals surface area contributed by atoms with Crippen molar-refractivity contribution in [3.05, 3.63) is 17.0 Å². The van der Waals surface area contributed by atoms with Gasteiger partial charge in [-0.2, -0.15) is 0 Å². The number of thiophene rings is 1. The molecule has 0 bridgehead atoms. The lowest BCUT2D eigenvalue weighted by molar-refractivity contribution is 0.0737. The number of nitrogens with one attached hydrogen (secondary N) is 2. The fourth-order valence-corrected chi connectivity index (χ4v) is 2.51. The highest BCUT2D eigenvalue weighted by atomic mass is 32.1. The molecule has 4 N–H and O–H groups in total. The molecular formula is C10H14N4O2S. The maximum Gasteiger partial charge on any atom is 0.317 e. The van der Waals surface area contributed by atoms with E-state index in [9.17, 15) is 9.59 Å². The zero-order chi connectivity index (χ0) is 12.3. The standard InChI is InChI=1S/C10H14N4O2S/c11-10(16)13-8-7(1-6-17-8)9(15)14-4-2-12-3-5-14/h1,6,12H,2-5H2,(H3,11,13,16). The summed E-state index contributed by atoms with van der Waals surface area (Å²) in [5.41, 5.74) is 5.56. The maximum absolute atomic E-state index is 12.2. The van der Waals surface area contributed by atoms with Crippen molar-refractivity contribution in [2.45, 2.75) is 0 Å². The molecule has 92 valence electrons. The fourth-order valence-electron chi connectivity index (χ4n) is 1.72. The molecule has 3 amide bonds. The van der Waals surface area contributed by atoms with Gasteiger partial charge in [0.1, 0.15) is 5.00 Å². The van der Waals surface area contributed by atoms with E-state index in [-0.39, 0.29) is 5.91 Å². The first-order chi connectivity index (χ1) is 8.18. The molecular weight excluding hydrogens is 240 g/mol. The van der Waals surface area contributed by atoms with E-state index in [2.05, 4.69) is 10.6 Å². The lowest BCUT2D eigenvalue weighted by atomic mass is 10.2. The molecule has 7 heteroatoms. The van der Waals surface area contributed by atoms with Gasteiger partial charge in [-0.05, 0) is 11.4 Å². The minimum Gasteiger partial charge on any atom is -0.351 e. The van der Waals surface area contributed by atoms with Crippen LogP contribution in [0.2, 0.25) is 0 Å². The molecule has 0 aliphatic carbocycles. The van der Waals surface area contributed by atoms with Crippen LogP contribution in [0, 0.1) is 0 Å². The van der Waals surface area contributed by atoms with Crippen LogP contribution in [-0.2, 0) is 0 Å². The number of carbonyl (C=O) groups excluding carboxylic acids is 2. The van der Waals surface area contributed by atoms with Gasteiger partial charge in [0.25, 0.3) is 5.91 Å². The number of nitrogens with zero attached hydrogens (tertiary/aromatic N) is 1. The molecule has 0 saturated carbocycles. The van der Waals surface area contributed by atoms with Crippen LogP contribution < -0.4 is 16.4 Å². The molecule has 0 radical (unpaired) electrons.